The van der Waals surface area contributed by atoms with E-state index >= 15 is 0 Å². The van der Waals surface area contributed by atoms with Crippen LogP contribution in [0.15, 0.2) is 9.82 Å². The average molecular weight is 257 g/mol. The Morgan fingerprint density at radius 3 is 2.82 bits per heavy atom. The lowest BCUT2D eigenvalue weighted by Gasteiger charge is -2.11. The van der Waals surface area contributed by atoms with Crippen LogP contribution in [0.5, 0.6) is 0 Å². The summed E-state index contributed by atoms with van der Waals surface area (Å²) in [6, 6.07) is 0. The maximum Gasteiger partial charge on any atom is 0.346 e. The Kier molecular flexibility index (Phi) is 4.71. The fourth-order valence-corrected chi connectivity index (χ4v) is 1.93. The van der Waals surface area contributed by atoms with Crippen LogP contribution >= 0.6 is 11.8 Å². The van der Waals surface area contributed by atoms with Gasteiger partial charge in [-0.15, -0.1) is 11.8 Å². The third kappa shape index (κ3) is 3.57. The SMILES string of the molecule is CSc1nc(=O)[nH]c(C)c1C(=O)NC[C@H](C)O. The fourth-order valence-electron chi connectivity index (χ4n) is 1.30. The molecule has 1 rings (SSSR count). The molecular formula is C10H15N3O3S. The van der Waals surface area contributed by atoms with Crippen LogP contribution in [0.3, 0.4) is 0 Å². The van der Waals surface area contributed by atoms with Gasteiger partial charge in [0, 0.05) is 12.2 Å². The zero-order chi connectivity index (χ0) is 13.0. The number of thioether (sulfide) groups is 1. The molecule has 17 heavy (non-hydrogen) atoms. The maximum atomic E-state index is 11.9. The van der Waals surface area contributed by atoms with Gasteiger partial charge in [-0.2, -0.15) is 4.98 Å². The summed E-state index contributed by atoms with van der Waals surface area (Å²) < 4.78 is 0. The monoisotopic (exact) mass is 257 g/mol. The Hall–Kier alpha value is -1.34. The molecule has 0 aliphatic carbocycles. The second-order valence-corrected chi connectivity index (χ2v) is 4.41. The summed E-state index contributed by atoms with van der Waals surface area (Å²) in [5, 5.41) is 12.0. The third-order valence-corrected chi connectivity index (χ3v) is 2.75. The molecule has 0 aliphatic heterocycles. The van der Waals surface area contributed by atoms with Gasteiger partial charge in [0.25, 0.3) is 5.91 Å². The molecule has 1 aromatic heterocycles. The van der Waals surface area contributed by atoms with Gasteiger partial charge in [0.05, 0.1) is 11.7 Å². The number of aryl methyl sites for hydroxylation is 1. The Balaban J connectivity index is 3.04. The quantitative estimate of drug-likeness (QED) is 0.517. The first-order valence-corrected chi connectivity index (χ1v) is 6.29. The number of aromatic nitrogens is 2. The van der Waals surface area contributed by atoms with Crippen LogP contribution in [0.25, 0.3) is 0 Å². The number of aliphatic hydroxyl groups is 1. The van der Waals surface area contributed by atoms with Gasteiger partial charge >= 0.3 is 5.69 Å². The molecule has 0 bridgehead atoms. The molecule has 1 aromatic rings. The molecular weight excluding hydrogens is 242 g/mol. The second-order valence-electron chi connectivity index (χ2n) is 3.61. The van der Waals surface area contributed by atoms with Crippen LogP contribution < -0.4 is 11.0 Å². The first-order valence-electron chi connectivity index (χ1n) is 5.07. The summed E-state index contributed by atoms with van der Waals surface area (Å²) in [5.41, 5.74) is 0.342. The van der Waals surface area contributed by atoms with Crippen molar-refractivity contribution in [2.24, 2.45) is 0 Å². The summed E-state index contributed by atoms with van der Waals surface area (Å²) in [7, 11) is 0. The molecule has 0 radical (unpaired) electrons. The predicted molar refractivity (Wildman–Crippen MR) is 65.4 cm³/mol. The Morgan fingerprint density at radius 1 is 1.65 bits per heavy atom. The van der Waals surface area contributed by atoms with Crippen LogP contribution in [0, 0.1) is 6.92 Å². The van der Waals surface area contributed by atoms with E-state index in [2.05, 4.69) is 15.3 Å². The van der Waals surface area contributed by atoms with E-state index in [4.69, 9.17) is 5.11 Å². The largest absolute Gasteiger partial charge is 0.392 e. The minimum Gasteiger partial charge on any atom is -0.392 e. The van der Waals surface area contributed by atoms with Gasteiger partial charge in [0.2, 0.25) is 0 Å². The molecule has 0 unspecified atom stereocenters. The smallest absolute Gasteiger partial charge is 0.346 e. The van der Waals surface area contributed by atoms with Crippen molar-refractivity contribution in [2.75, 3.05) is 12.8 Å². The lowest BCUT2D eigenvalue weighted by molar-refractivity contribution is 0.0919. The summed E-state index contributed by atoms with van der Waals surface area (Å²) in [5.74, 6) is -0.350. The highest BCUT2D eigenvalue weighted by Crippen LogP contribution is 2.17. The number of carbonyl (C=O) groups is 1. The topological polar surface area (TPSA) is 95.1 Å². The van der Waals surface area contributed by atoms with Gasteiger partial charge in [-0.25, -0.2) is 4.79 Å². The molecule has 6 nitrogen and oxygen atoms in total. The first kappa shape index (κ1) is 13.7. The Labute approximate surface area is 103 Å². The van der Waals surface area contributed by atoms with Crippen molar-refractivity contribution >= 4 is 17.7 Å². The van der Waals surface area contributed by atoms with Crippen molar-refractivity contribution < 1.29 is 9.90 Å². The first-order chi connectivity index (χ1) is 7.95. The normalized spacial score (nSPS) is 12.2. The number of hydrogen-bond donors (Lipinski definition) is 3. The number of rotatable bonds is 4. The zero-order valence-electron chi connectivity index (χ0n) is 9.90. The van der Waals surface area contributed by atoms with E-state index in [1.54, 1.807) is 20.1 Å². The van der Waals surface area contributed by atoms with Gasteiger partial charge in [-0.3, -0.25) is 4.79 Å². The number of nitrogens with zero attached hydrogens (tertiary/aromatic N) is 1. The third-order valence-electron chi connectivity index (χ3n) is 2.06. The van der Waals surface area contributed by atoms with Gasteiger partial charge in [0.1, 0.15) is 5.03 Å². The van der Waals surface area contributed by atoms with Gasteiger partial charge in [0.15, 0.2) is 0 Å². The predicted octanol–water partition coefficient (Wildman–Crippen LogP) is -0.0892. The van der Waals surface area contributed by atoms with Crippen molar-refractivity contribution in [3.8, 4) is 0 Å². The van der Waals surface area contributed by atoms with E-state index in [1.165, 1.54) is 11.8 Å². The number of nitrogens with one attached hydrogen (secondary N) is 2. The molecule has 0 aromatic carbocycles. The highest BCUT2D eigenvalue weighted by Gasteiger charge is 2.16. The van der Waals surface area contributed by atoms with Crippen LogP contribution in [0.1, 0.15) is 23.0 Å². The Bertz CT molecular complexity index is 470. The number of aliphatic hydroxyl groups excluding tert-OH is 1. The summed E-state index contributed by atoms with van der Waals surface area (Å²) in [6.07, 6.45) is 1.12. The van der Waals surface area contributed by atoms with E-state index < -0.39 is 11.8 Å². The van der Waals surface area contributed by atoms with Crippen LogP contribution in [-0.2, 0) is 0 Å². The highest BCUT2D eigenvalue weighted by molar-refractivity contribution is 7.98. The molecule has 1 heterocycles. The molecule has 94 valence electrons. The highest BCUT2D eigenvalue weighted by atomic mass is 32.2. The molecule has 1 amide bonds. The number of amides is 1. The lowest BCUT2D eigenvalue weighted by Crippen LogP contribution is -2.32. The average Bonchev–Trinajstić information content (AvgIpc) is 2.24. The molecule has 0 fully saturated rings. The van der Waals surface area contributed by atoms with Crippen molar-refractivity contribution in [2.45, 2.75) is 25.0 Å². The molecule has 0 spiro atoms. The second kappa shape index (κ2) is 5.83. The van der Waals surface area contributed by atoms with Crippen molar-refractivity contribution in [3.05, 3.63) is 21.7 Å². The van der Waals surface area contributed by atoms with E-state index in [-0.39, 0.29) is 12.5 Å². The molecule has 0 aliphatic rings. The lowest BCUT2D eigenvalue weighted by atomic mass is 10.2. The summed E-state index contributed by atoms with van der Waals surface area (Å²) >= 11 is 1.23. The van der Waals surface area contributed by atoms with E-state index in [0.29, 0.717) is 16.3 Å². The van der Waals surface area contributed by atoms with Crippen molar-refractivity contribution in [1.29, 1.82) is 0 Å². The zero-order valence-corrected chi connectivity index (χ0v) is 10.7. The van der Waals surface area contributed by atoms with Gasteiger partial charge < -0.3 is 15.4 Å². The molecule has 0 saturated carbocycles. The van der Waals surface area contributed by atoms with E-state index in [9.17, 15) is 9.59 Å². The van der Waals surface area contributed by atoms with Crippen molar-refractivity contribution in [3.63, 3.8) is 0 Å². The Morgan fingerprint density at radius 2 is 2.29 bits per heavy atom. The minimum absolute atomic E-state index is 0.158. The standard InChI is InChI=1S/C10H15N3O3S/c1-5(14)4-11-8(15)7-6(2)12-10(16)13-9(7)17-3/h5,14H,4H2,1-3H3,(H,11,15)(H,12,13,16)/t5-/m0/s1. The molecule has 7 heteroatoms. The number of H-pyrrole nitrogens is 1. The van der Waals surface area contributed by atoms with Gasteiger partial charge in [-0.1, -0.05) is 0 Å². The number of hydrogen-bond acceptors (Lipinski definition) is 5. The maximum absolute atomic E-state index is 11.9. The van der Waals surface area contributed by atoms with Crippen LogP contribution in [0.4, 0.5) is 0 Å². The summed E-state index contributed by atoms with van der Waals surface area (Å²) in [6.45, 7) is 3.37. The van der Waals surface area contributed by atoms with E-state index in [1.807, 2.05) is 0 Å². The van der Waals surface area contributed by atoms with Crippen LogP contribution in [-0.4, -0.2) is 39.9 Å². The number of carbonyl (C=O) groups excluding carboxylic acids is 1. The summed E-state index contributed by atoms with van der Waals surface area (Å²) in [4.78, 5) is 29.2. The van der Waals surface area contributed by atoms with E-state index in [0.717, 1.165) is 0 Å². The molecule has 0 saturated heterocycles. The molecule has 3 N–H and O–H groups in total. The fraction of sp³-hybridized carbons (Fsp3) is 0.500. The van der Waals surface area contributed by atoms with Crippen LogP contribution in [0.2, 0.25) is 0 Å². The van der Waals surface area contributed by atoms with Gasteiger partial charge in [-0.05, 0) is 20.1 Å². The number of aromatic amines is 1. The molecule has 1 atom stereocenters. The minimum atomic E-state index is -0.618. The van der Waals surface area contributed by atoms with Crippen molar-refractivity contribution in [1.82, 2.24) is 15.3 Å².